The molecule has 0 aliphatic heterocycles. The molecule has 0 radical (unpaired) electrons. The molecule has 0 atom stereocenters. The second-order valence-electron chi connectivity index (χ2n) is 3.57. The summed E-state index contributed by atoms with van der Waals surface area (Å²) >= 11 is 0. The Bertz CT molecular complexity index is 646. The van der Waals surface area contributed by atoms with E-state index >= 15 is 0 Å². The van der Waals surface area contributed by atoms with E-state index in [4.69, 9.17) is 0 Å². The van der Waals surface area contributed by atoms with Gasteiger partial charge in [0, 0.05) is 30.0 Å². The number of nitrogens with one attached hydrogen (secondary N) is 1. The molecule has 1 aromatic heterocycles. The van der Waals surface area contributed by atoms with Gasteiger partial charge in [0.05, 0.1) is 5.69 Å². The largest absolute Gasteiger partial charge is 0.319 e. The number of pyridine rings is 1. The molecular formula is C12H6F4N2O. The molecule has 3 nitrogen and oxygen atoms in total. The van der Waals surface area contributed by atoms with E-state index in [0.717, 1.165) is 12.3 Å². The number of hydrogen-bond acceptors (Lipinski definition) is 2. The van der Waals surface area contributed by atoms with Crippen LogP contribution in [0.2, 0.25) is 0 Å². The number of nitrogens with zero attached hydrogens (tertiary/aromatic N) is 1. The number of benzene rings is 1. The van der Waals surface area contributed by atoms with Crippen molar-refractivity contribution < 1.29 is 22.4 Å². The predicted octanol–water partition coefficient (Wildman–Crippen LogP) is 2.89. The number of carbonyl (C=O) groups excluding carboxylic acids is 1. The van der Waals surface area contributed by atoms with E-state index in [2.05, 4.69) is 4.98 Å². The van der Waals surface area contributed by atoms with Crippen molar-refractivity contribution in [2.45, 2.75) is 0 Å². The number of aromatic nitrogens is 1. The molecule has 2 rings (SSSR count). The summed E-state index contributed by atoms with van der Waals surface area (Å²) in [4.78, 5) is 14.9. The van der Waals surface area contributed by atoms with Crippen LogP contribution in [0.3, 0.4) is 0 Å². The van der Waals surface area contributed by atoms with E-state index in [9.17, 15) is 22.4 Å². The first-order valence-corrected chi connectivity index (χ1v) is 5.05. The zero-order valence-corrected chi connectivity index (χ0v) is 9.25. The van der Waals surface area contributed by atoms with Gasteiger partial charge in [-0.3, -0.25) is 4.79 Å². The summed E-state index contributed by atoms with van der Waals surface area (Å²) in [6, 6.07) is 2.82. The molecule has 0 spiro atoms. The standard InChI is InChI=1S/C12H6F4N2O/c13-7-4-9(15)10(5-8(7)14)18-12(19)6-1-2-17-11(16)3-6/h1-5H,(H,18,19). The Kier molecular flexibility index (Phi) is 3.46. The maximum absolute atomic E-state index is 13.3. The van der Waals surface area contributed by atoms with Crippen LogP contribution in [0.1, 0.15) is 10.4 Å². The first kappa shape index (κ1) is 13.0. The Morgan fingerprint density at radius 3 is 2.37 bits per heavy atom. The number of rotatable bonds is 2. The molecular weight excluding hydrogens is 264 g/mol. The van der Waals surface area contributed by atoms with Crippen molar-refractivity contribution in [3.63, 3.8) is 0 Å². The molecule has 0 aliphatic rings. The molecule has 2 aromatic rings. The third kappa shape index (κ3) is 2.87. The van der Waals surface area contributed by atoms with Gasteiger partial charge in [-0.05, 0) is 6.07 Å². The fourth-order valence-electron chi connectivity index (χ4n) is 1.36. The van der Waals surface area contributed by atoms with Crippen LogP contribution in [0.15, 0.2) is 30.5 Å². The summed E-state index contributed by atoms with van der Waals surface area (Å²) in [6.45, 7) is 0. The van der Waals surface area contributed by atoms with E-state index in [0.29, 0.717) is 12.1 Å². The molecule has 0 saturated heterocycles. The fourth-order valence-corrected chi connectivity index (χ4v) is 1.36. The van der Waals surface area contributed by atoms with Crippen LogP contribution in [-0.4, -0.2) is 10.9 Å². The van der Waals surface area contributed by atoms with Gasteiger partial charge in [-0.2, -0.15) is 4.39 Å². The zero-order valence-electron chi connectivity index (χ0n) is 9.25. The molecule has 0 bridgehead atoms. The van der Waals surface area contributed by atoms with E-state index in [-0.39, 0.29) is 5.56 Å². The summed E-state index contributed by atoms with van der Waals surface area (Å²) in [7, 11) is 0. The van der Waals surface area contributed by atoms with Crippen molar-refractivity contribution in [3.05, 3.63) is 59.4 Å². The first-order valence-electron chi connectivity index (χ1n) is 5.05. The second kappa shape index (κ2) is 5.05. The van der Waals surface area contributed by atoms with Crippen molar-refractivity contribution in [2.24, 2.45) is 0 Å². The lowest BCUT2D eigenvalue weighted by Gasteiger charge is -2.07. The van der Waals surface area contributed by atoms with Crippen molar-refractivity contribution in [1.82, 2.24) is 4.98 Å². The van der Waals surface area contributed by atoms with Gasteiger partial charge < -0.3 is 5.32 Å². The van der Waals surface area contributed by atoms with Gasteiger partial charge >= 0.3 is 0 Å². The normalized spacial score (nSPS) is 10.3. The molecule has 7 heteroatoms. The average Bonchev–Trinajstić information content (AvgIpc) is 2.36. The molecule has 0 fully saturated rings. The molecule has 0 aliphatic carbocycles. The zero-order chi connectivity index (χ0) is 14.0. The Balaban J connectivity index is 2.27. The Labute approximate surface area is 104 Å². The lowest BCUT2D eigenvalue weighted by Crippen LogP contribution is -2.14. The van der Waals surface area contributed by atoms with Crippen LogP contribution in [0.4, 0.5) is 23.2 Å². The number of halogens is 4. The maximum Gasteiger partial charge on any atom is 0.255 e. The predicted molar refractivity (Wildman–Crippen MR) is 58.5 cm³/mol. The van der Waals surface area contributed by atoms with E-state index < -0.39 is 35.0 Å². The van der Waals surface area contributed by atoms with Gasteiger partial charge in [-0.15, -0.1) is 0 Å². The van der Waals surface area contributed by atoms with Crippen LogP contribution >= 0.6 is 0 Å². The Hall–Kier alpha value is -2.44. The topological polar surface area (TPSA) is 42.0 Å². The fraction of sp³-hybridized carbons (Fsp3) is 0. The highest BCUT2D eigenvalue weighted by molar-refractivity contribution is 6.04. The van der Waals surface area contributed by atoms with Gasteiger partial charge in [-0.25, -0.2) is 18.2 Å². The summed E-state index contributed by atoms with van der Waals surface area (Å²) in [5.74, 6) is -5.57. The van der Waals surface area contributed by atoms with Crippen molar-refractivity contribution in [1.29, 1.82) is 0 Å². The van der Waals surface area contributed by atoms with E-state index in [1.165, 1.54) is 6.07 Å². The van der Waals surface area contributed by atoms with Crippen molar-refractivity contribution in [2.75, 3.05) is 5.32 Å². The summed E-state index contributed by atoms with van der Waals surface area (Å²) in [5, 5.41) is 2.01. The second-order valence-corrected chi connectivity index (χ2v) is 3.57. The minimum absolute atomic E-state index is 0.128. The number of hydrogen-bond donors (Lipinski definition) is 1. The number of amides is 1. The van der Waals surface area contributed by atoms with E-state index in [1.807, 2.05) is 5.32 Å². The molecule has 1 aromatic carbocycles. The van der Waals surface area contributed by atoms with E-state index in [1.54, 1.807) is 0 Å². The van der Waals surface area contributed by atoms with Crippen LogP contribution in [0, 0.1) is 23.4 Å². The monoisotopic (exact) mass is 270 g/mol. The van der Waals surface area contributed by atoms with Crippen LogP contribution < -0.4 is 5.32 Å². The smallest absolute Gasteiger partial charge is 0.255 e. The van der Waals surface area contributed by atoms with Gasteiger partial charge in [0.25, 0.3) is 5.91 Å². The molecule has 1 amide bonds. The summed E-state index contributed by atoms with van der Waals surface area (Å²) in [5.41, 5.74) is -0.669. The molecule has 1 N–H and O–H groups in total. The third-order valence-corrected chi connectivity index (χ3v) is 2.25. The number of carbonyl (C=O) groups is 1. The van der Waals surface area contributed by atoms with Gasteiger partial charge in [0.2, 0.25) is 5.95 Å². The highest BCUT2D eigenvalue weighted by Gasteiger charge is 2.13. The first-order chi connectivity index (χ1) is 8.97. The van der Waals surface area contributed by atoms with Gasteiger partial charge in [0.1, 0.15) is 5.82 Å². The highest BCUT2D eigenvalue weighted by Crippen LogP contribution is 2.19. The minimum atomic E-state index is -1.37. The summed E-state index contributed by atoms with van der Waals surface area (Å²) in [6.07, 6.45) is 1.05. The molecule has 19 heavy (non-hydrogen) atoms. The number of anilines is 1. The van der Waals surface area contributed by atoms with Crippen LogP contribution in [0.5, 0.6) is 0 Å². The quantitative estimate of drug-likeness (QED) is 0.518. The molecule has 0 unspecified atom stereocenters. The Morgan fingerprint density at radius 1 is 1.00 bits per heavy atom. The van der Waals surface area contributed by atoms with Gasteiger partial charge in [-0.1, -0.05) is 0 Å². The highest BCUT2D eigenvalue weighted by atomic mass is 19.2. The lowest BCUT2D eigenvalue weighted by atomic mass is 10.2. The van der Waals surface area contributed by atoms with Gasteiger partial charge in [0.15, 0.2) is 11.6 Å². The van der Waals surface area contributed by atoms with Crippen molar-refractivity contribution >= 4 is 11.6 Å². The third-order valence-electron chi connectivity index (χ3n) is 2.25. The Morgan fingerprint density at radius 2 is 1.68 bits per heavy atom. The van der Waals surface area contributed by atoms with Crippen molar-refractivity contribution in [3.8, 4) is 0 Å². The average molecular weight is 270 g/mol. The SMILES string of the molecule is O=C(Nc1cc(F)c(F)cc1F)c1ccnc(F)c1. The summed E-state index contributed by atoms with van der Waals surface area (Å²) < 4.78 is 51.7. The van der Waals surface area contributed by atoms with Crippen LogP contribution in [-0.2, 0) is 0 Å². The molecule has 98 valence electrons. The van der Waals surface area contributed by atoms with Crippen LogP contribution in [0.25, 0.3) is 0 Å². The minimum Gasteiger partial charge on any atom is -0.319 e. The molecule has 1 heterocycles. The molecule has 0 saturated carbocycles. The lowest BCUT2D eigenvalue weighted by molar-refractivity contribution is 0.102. The maximum atomic E-state index is 13.3.